The Morgan fingerprint density at radius 1 is 1.27 bits per heavy atom. The van der Waals surface area contributed by atoms with Gasteiger partial charge >= 0.3 is 0 Å². The van der Waals surface area contributed by atoms with Gasteiger partial charge in [-0.05, 0) is 25.1 Å². The molecule has 1 aliphatic rings. The van der Waals surface area contributed by atoms with E-state index in [1.165, 1.54) is 6.07 Å². The van der Waals surface area contributed by atoms with E-state index in [1.54, 1.807) is 35.7 Å². The molecule has 5 nitrogen and oxygen atoms in total. The summed E-state index contributed by atoms with van der Waals surface area (Å²) < 4.78 is 0. The van der Waals surface area contributed by atoms with Crippen LogP contribution in [0.15, 0.2) is 47.4 Å². The van der Waals surface area contributed by atoms with Crippen molar-refractivity contribution in [2.45, 2.75) is 11.8 Å². The Morgan fingerprint density at radius 3 is 2.82 bits per heavy atom. The molecule has 1 amide bonds. The maximum atomic E-state index is 12.7. The van der Waals surface area contributed by atoms with Crippen LogP contribution in [0.2, 0.25) is 0 Å². The van der Waals surface area contributed by atoms with Crippen molar-refractivity contribution in [2.24, 2.45) is 0 Å². The molecular weight excluding hydrogens is 300 g/mol. The number of nitrogens with zero attached hydrogens (tertiary/aromatic N) is 2. The van der Waals surface area contributed by atoms with Crippen molar-refractivity contribution in [2.75, 3.05) is 17.2 Å². The maximum Gasteiger partial charge on any atom is 0.273 e. The number of carbonyl (C=O) groups excluding carboxylic acids is 1. The number of nitro benzene ring substituents is 1. The van der Waals surface area contributed by atoms with Gasteiger partial charge in [0.25, 0.3) is 11.6 Å². The summed E-state index contributed by atoms with van der Waals surface area (Å²) in [6, 6.07) is 12.4. The Hall–Kier alpha value is -2.34. The van der Waals surface area contributed by atoms with Crippen LogP contribution in [0.3, 0.4) is 0 Å². The van der Waals surface area contributed by atoms with Crippen LogP contribution in [0, 0.1) is 17.0 Å². The molecule has 0 spiro atoms. The molecule has 0 radical (unpaired) electrons. The molecule has 0 saturated carbocycles. The number of aryl methyl sites for hydroxylation is 1. The van der Waals surface area contributed by atoms with Crippen LogP contribution in [0.25, 0.3) is 0 Å². The summed E-state index contributed by atoms with van der Waals surface area (Å²) in [4.78, 5) is 26.1. The minimum atomic E-state index is -0.452. The largest absolute Gasteiger partial charge is 0.306 e. The van der Waals surface area contributed by atoms with Crippen molar-refractivity contribution in [3.05, 3.63) is 63.7 Å². The SMILES string of the molecule is Cc1ccc(C(=O)N2CCSc3ccccc32)cc1[N+](=O)[O-]. The van der Waals surface area contributed by atoms with E-state index in [-0.39, 0.29) is 11.6 Å². The number of hydrogen-bond acceptors (Lipinski definition) is 4. The fourth-order valence-corrected chi connectivity index (χ4v) is 3.47. The van der Waals surface area contributed by atoms with Gasteiger partial charge in [0.15, 0.2) is 0 Å². The third kappa shape index (κ3) is 2.57. The lowest BCUT2D eigenvalue weighted by Gasteiger charge is -2.29. The number of benzene rings is 2. The predicted octanol–water partition coefficient (Wildman–Crippen LogP) is 3.66. The number of nitro groups is 1. The normalized spacial score (nSPS) is 13.6. The fraction of sp³-hybridized carbons (Fsp3) is 0.188. The highest BCUT2D eigenvalue weighted by molar-refractivity contribution is 7.99. The van der Waals surface area contributed by atoms with Gasteiger partial charge in [0.1, 0.15) is 0 Å². The first kappa shape index (κ1) is 14.6. The van der Waals surface area contributed by atoms with Crippen molar-refractivity contribution in [3.63, 3.8) is 0 Å². The summed E-state index contributed by atoms with van der Waals surface area (Å²) in [6.45, 7) is 2.27. The highest BCUT2D eigenvalue weighted by atomic mass is 32.2. The lowest BCUT2D eigenvalue weighted by molar-refractivity contribution is -0.385. The molecular formula is C16H14N2O3S. The van der Waals surface area contributed by atoms with E-state index in [2.05, 4.69) is 0 Å². The Balaban J connectivity index is 1.99. The number of thioether (sulfide) groups is 1. The molecule has 0 fully saturated rings. The van der Waals surface area contributed by atoms with Gasteiger partial charge in [-0.2, -0.15) is 0 Å². The van der Waals surface area contributed by atoms with Crippen LogP contribution in [0.1, 0.15) is 15.9 Å². The van der Waals surface area contributed by atoms with E-state index in [0.29, 0.717) is 17.7 Å². The van der Waals surface area contributed by atoms with Gasteiger partial charge in [0.2, 0.25) is 0 Å². The second-order valence-electron chi connectivity index (χ2n) is 5.03. The number of hydrogen-bond donors (Lipinski definition) is 0. The maximum absolute atomic E-state index is 12.7. The Morgan fingerprint density at radius 2 is 2.05 bits per heavy atom. The van der Waals surface area contributed by atoms with E-state index in [9.17, 15) is 14.9 Å². The lowest BCUT2D eigenvalue weighted by atomic mass is 10.1. The quantitative estimate of drug-likeness (QED) is 0.627. The topological polar surface area (TPSA) is 63.5 Å². The summed E-state index contributed by atoms with van der Waals surface area (Å²) >= 11 is 1.71. The number of fused-ring (bicyclic) bond motifs is 1. The molecule has 0 N–H and O–H groups in total. The fourth-order valence-electron chi connectivity index (χ4n) is 2.48. The van der Waals surface area contributed by atoms with E-state index in [4.69, 9.17) is 0 Å². The summed E-state index contributed by atoms with van der Waals surface area (Å²) in [7, 11) is 0. The van der Waals surface area contributed by atoms with Crippen molar-refractivity contribution in [1.82, 2.24) is 0 Å². The number of carbonyl (C=O) groups is 1. The molecule has 3 rings (SSSR count). The summed E-state index contributed by atoms with van der Waals surface area (Å²) in [6.07, 6.45) is 0. The number of para-hydroxylation sites is 1. The molecule has 6 heteroatoms. The summed E-state index contributed by atoms with van der Waals surface area (Å²) in [5.74, 6) is 0.618. The monoisotopic (exact) mass is 314 g/mol. The van der Waals surface area contributed by atoms with Crippen molar-refractivity contribution in [3.8, 4) is 0 Å². The minimum absolute atomic E-state index is 0.0227. The number of amides is 1. The zero-order chi connectivity index (χ0) is 15.7. The second-order valence-corrected chi connectivity index (χ2v) is 6.17. The first-order valence-corrected chi connectivity index (χ1v) is 7.85. The van der Waals surface area contributed by atoms with Crippen molar-refractivity contribution < 1.29 is 9.72 Å². The highest BCUT2D eigenvalue weighted by Crippen LogP contribution is 2.35. The van der Waals surface area contributed by atoms with Crippen LogP contribution in [-0.2, 0) is 0 Å². The molecule has 1 aliphatic heterocycles. The third-order valence-electron chi connectivity index (χ3n) is 3.63. The number of anilines is 1. The molecule has 0 aliphatic carbocycles. The molecule has 1 heterocycles. The minimum Gasteiger partial charge on any atom is -0.306 e. The second kappa shape index (κ2) is 5.81. The van der Waals surface area contributed by atoms with E-state index < -0.39 is 4.92 Å². The molecule has 2 aromatic rings. The molecule has 0 aromatic heterocycles. The molecule has 0 saturated heterocycles. The average Bonchev–Trinajstić information content (AvgIpc) is 2.54. The van der Waals surface area contributed by atoms with Gasteiger partial charge in [0, 0.05) is 34.4 Å². The van der Waals surface area contributed by atoms with Gasteiger partial charge in [-0.25, -0.2) is 0 Å². The lowest BCUT2D eigenvalue weighted by Crippen LogP contribution is -2.35. The molecule has 0 bridgehead atoms. The van der Waals surface area contributed by atoms with Gasteiger partial charge in [-0.1, -0.05) is 18.2 Å². The third-order valence-corrected chi connectivity index (χ3v) is 4.67. The van der Waals surface area contributed by atoms with Crippen molar-refractivity contribution >= 4 is 29.0 Å². The van der Waals surface area contributed by atoms with Gasteiger partial charge < -0.3 is 4.90 Å². The summed E-state index contributed by atoms with van der Waals surface area (Å²) in [5, 5.41) is 11.0. The van der Waals surface area contributed by atoms with Crippen LogP contribution in [-0.4, -0.2) is 23.1 Å². The van der Waals surface area contributed by atoms with E-state index in [0.717, 1.165) is 16.3 Å². The smallest absolute Gasteiger partial charge is 0.273 e. The zero-order valence-electron chi connectivity index (χ0n) is 12.0. The number of rotatable bonds is 2. The van der Waals surface area contributed by atoms with Gasteiger partial charge in [0.05, 0.1) is 10.6 Å². The van der Waals surface area contributed by atoms with Crippen LogP contribution >= 0.6 is 11.8 Å². The zero-order valence-corrected chi connectivity index (χ0v) is 12.8. The standard InChI is InChI=1S/C16H14N2O3S/c1-11-6-7-12(10-14(11)18(20)21)16(19)17-8-9-22-15-5-3-2-4-13(15)17/h2-7,10H,8-9H2,1H3. The Kier molecular flexibility index (Phi) is 3.85. The first-order chi connectivity index (χ1) is 10.6. The molecule has 2 aromatic carbocycles. The molecule has 0 atom stereocenters. The van der Waals surface area contributed by atoms with E-state index in [1.807, 2.05) is 24.3 Å². The van der Waals surface area contributed by atoms with Crippen LogP contribution in [0.5, 0.6) is 0 Å². The average molecular weight is 314 g/mol. The Bertz CT molecular complexity index is 761. The predicted molar refractivity (Wildman–Crippen MR) is 86.7 cm³/mol. The van der Waals surface area contributed by atoms with Gasteiger partial charge in [-0.3, -0.25) is 14.9 Å². The molecule has 22 heavy (non-hydrogen) atoms. The van der Waals surface area contributed by atoms with E-state index >= 15 is 0 Å². The molecule has 112 valence electrons. The highest BCUT2D eigenvalue weighted by Gasteiger charge is 2.25. The van der Waals surface area contributed by atoms with Gasteiger partial charge in [-0.15, -0.1) is 11.8 Å². The van der Waals surface area contributed by atoms with Crippen molar-refractivity contribution in [1.29, 1.82) is 0 Å². The Labute approximate surface area is 132 Å². The van der Waals surface area contributed by atoms with Crippen LogP contribution in [0.4, 0.5) is 11.4 Å². The van der Waals surface area contributed by atoms with Crippen LogP contribution < -0.4 is 4.90 Å². The summed E-state index contributed by atoms with van der Waals surface area (Å²) in [5.41, 5.74) is 1.74. The first-order valence-electron chi connectivity index (χ1n) is 6.86. The molecule has 0 unspecified atom stereocenters.